The van der Waals surface area contributed by atoms with Crippen LogP contribution in [0.15, 0.2) is 53.4 Å². The van der Waals surface area contributed by atoms with Gasteiger partial charge in [0.1, 0.15) is 5.82 Å². The number of hydrogen-bond acceptors (Lipinski definition) is 5. The van der Waals surface area contributed by atoms with Crippen molar-refractivity contribution in [3.8, 4) is 0 Å². The normalized spacial score (nSPS) is 13.7. The van der Waals surface area contributed by atoms with Gasteiger partial charge in [-0.2, -0.15) is 0 Å². The van der Waals surface area contributed by atoms with E-state index in [1.807, 2.05) is 0 Å². The molecule has 0 saturated heterocycles. The number of hydrogen-bond donors (Lipinski definition) is 1. The number of nitrogens with zero attached hydrogens (tertiary/aromatic N) is 1. The van der Waals surface area contributed by atoms with E-state index in [9.17, 15) is 22.4 Å². The molecule has 0 spiro atoms. The van der Waals surface area contributed by atoms with Crippen LogP contribution in [0, 0.1) is 5.82 Å². The van der Waals surface area contributed by atoms with Crippen molar-refractivity contribution < 1.29 is 27.1 Å². The molecule has 9 heteroatoms. The summed E-state index contributed by atoms with van der Waals surface area (Å²) in [6.07, 6.45) is 1.65. The second kappa shape index (κ2) is 8.71. The number of amides is 1. The van der Waals surface area contributed by atoms with E-state index >= 15 is 0 Å². The third kappa shape index (κ3) is 5.85. The predicted molar refractivity (Wildman–Crippen MR) is 103 cm³/mol. The molecule has 1 fully saturated rings. The Bertz CT molecular complexity index is 1000. The molecular weight excluding hydrogens is 399 g/mol. The Morgan fingerprint density at radius 3 is 2.48 bits per heavy atom. The smallest absolute Gasteiger partial charge is 0.338 e. The minimum Gasteiger partial charge on any atom is -0.452 e. The highest BCUT2D eigenvalue weighted by Crippen LogP contribution is 2.22. The summed E-state index contributed by atoms with van der Waals surface area (Å²) < 4.78 is 45.0. The molecule has 1 amide bonds. The lowest BCUT2D eigenvalue weighted by atomic mass is 10.2. The standard InChI is InChI=1S/C20H21FN2O5S/c1-23(12-14-3-2-4-16(21)11-14)19(24)13-28-20(25)15-5-9-18(10-6-15)29(26,27)22-17-7-8-17/h2-6,9-11,17,22H,7-8,12-13H2,1H3. The van der Waals surface area contributed by atoms with Crippen molar-refractivity contribution in [1.29, 1.82) is 0 Å². The maximum absolute atomic E-state index is 13.2. The number of esters is 1. The minimum absolute atomic E-state index is 0.0139. The Balaban J connectivity index is 1.52. The molecule has 0 radical (unpaired) electrons. The molecule has 29 heavy (non-hydrogen) atoms. The monoisotopic (exact) mass is 420 g/mol. The van der Waals surface area contributed by atoms with Crippen LogP contribution in [0.2, 0.25) is 0 Å². The first-order valence-electron chi connectivity index (χ1n) is 9.02. The van der Waals surface area contributed by atoms with Crippen molar-refractivity contribution in [2.45, 2.75) is 30.3 Å². The quantitative estimate of drug-likeness (QED) is 0.660. The highest BCUT2D eigenvalue weighted by atomic mass is 32.2. The fourth-order valence-electron chi connectivity index (χ4n) is 2.58. The maximum atomic E-state index is 13.2. The van der Waals surface area contributed by atoms with Gasteiger partial charge in [-0.05, 0) is 54.8 Å². The number of benzene rings is 2. The van der Waals surface area contributed by atoms with E-state index in [1.165, 1.54) is 48.3 Å². The van der Waals surface area contributed by atoms with Crippen molar-refractivity contribution in [2.75, 3.05) is 13.7 Å². The van der Waals surface area contributed by atoms with Crippen LogP contribution in [0.4, 0.5) is 4.39 Å². The second-order valence-corrected chi connectivity index (χ2v) is 8.59. The van der Waals surface area contributed by atoms with Gasteiger partial charge in [-0.15, -0.1) is 0 Å². The van der Waals surface area contributed by atoms with Crippen LogP contribution in [0.3, 0.4) is 0 Å². The summed E-state index contributed by atoms with van der Waals surface area (Å²) in [6.45, 7) is -0.303. The Labute approximate surface area is 168 Å². The maximum Gasteiger partial charge on any atom is 0.338 e. The van der Waals surface area contributed by atoms with Gasteiger partial charge in [0, 0.05) is 19.6 Å². The fraction of sp³-hybridized carbons (Fsp3) is 0.300. The minimum atomic E-state index is -3.60. The largest absolute Gasteiger partial charge is 0.452 e. The van der Waals surface area contributed by atoms with Crippen molar-refractivity contribution in [3.63, 3.8) is 0 Å². The average Bonchev–Trinajstić information content (AvgIpc) is 3.49. The van der Waals surface area contributed by atoms with Crippen LogP contribution in [0.25, 0.3) is 0 Å². The molecule has 2 aromatic carbocycles. The molecule has 0 bridgehead atoms. The van der Waals surface area contributed by atoms with E-state index < -0.39 is 34.3 Å². The first-order chi connectivity index (χ1) is 13.7. The van der Waals surface area contributed by atoms with Gasteiger partial charge in [-0.25, -0.2) is 22.3 Å². The number of nitrogens with one attached hydrogen (secondary N) is 1. The van der Waals surface area contributed by atoms with Crippen LogP contribution in [-0.4, -0.2) is 44.9 Å². The summed E-state index contributed by atoms with van der Waals surface area (Å²) in [4.78, 5) is 25.6. The van der Waals surface area contributed by atoms with Gasteiger partial charge in [-0.1, -0.05) is 12.1 Å². The van der Waals surface area contributed by atoms with Crippen molar-refractivity contribution in [3.05, 3.63) is 65.5 Å². The molecule has 0 unspecified atom stereocenters. The van der Waals surface area contributed by atoms with Crippen molar-refractivity contribution >= 4 is 21.9 Å². The summed E-state index contributed by atoms with van der Waals surface area (Å²) in [6, 6.07) is 11.2. The lowest BCUT2D eigenvalue weighted by Crippen LogP contribution is -2.30. The zero-order valence-corrected chi connectivity index (χ0v) is 16.6. The number of carbonyl (C=O) groups is 2. The molecule has 2 aromatic rings. The number of halogens is 1. The number of carbonyl (C=O) groups excluding carboxylic acids is 2. The molecule has 1 N–H and O–H groups in total. The zero-order chi connectivity index (χ0) is 21.0. The third-order valence-corrected chi connectivity index (χ3v) is 5.90. The summed E-state index contributed by atoms with van der Waals surface area (Å²) in [5.74, 6) is -1.58. The Kier molecular flexibility index (Phi) is 6.29. The van der Waals surface area contributed by atoms with Gasteiger partial charge in [0.25, 0.3) is 5.91 Å². The third-order valence-electron chi connectivity index (χ3n) is 4.36. The van der Waals surface area contributed by atoms with Crippen molar-refractivity contribution in [2.24, 2.45) is 0 Å². The molecule has 1 aliphatic carbocycles. The van der Waals surface area contributed by atoms with Gasteiger partial charge in [0.15, 0.2) is 6.61 Å². The van der Waals surface area contributed by atoms with Crippen LogP contribution < -0.4 is 4.72 Å². The Morgan fingerprint density at radius 1 is 1.17 bits per heavy atom. The SMILES string of the molecule is CN(Cc1cccc(F)c1)C(=O)COC(=O)c1ccc(S(=O)(=O)NC2CC2)cc1. The molecule has 3 rings (SSSR count). The number of sulfonamides is 1. The number of likely N-dealkylation sites (N-methyl/N-ethyl adjacent to an activating group) is 1. The van der Waals surface area contributed by atoms with E-state index in [1.54, 1.807) is 12.1 Å². The number of ether oxygens (including phenoxy) is 1. The van der Waals surface area contributed by atoms with E-state index in [4.69, 9.17) is 4.74 Å². The van der Waals surface area contributed by atoms with Crippen molar-refractivity contribution in [1.82, 2.24) is 9.62 Å². The van der Waals surface area contributed by atoms with Gasteiger partial charge in [0.05, 0.1) is 10.5 Å². The van der Waals surface area contributed by atoms with Gasteiger partial charge in [0.2, 0.25) is 10.0 Å². The molecule has 1 saturated carbocycles. The van der Waals surface area contributed by atoms with E-state index in [-0.39, 0.29) is 23.0 Å². The Morgan fingerprint density at radius 2 is 1.86 bits per heavy atom. The zero-order valence-electron chi connectivity index (χ0n) is 15.8. The molecular formula is C20H21FN2O5S. The highest BCUT2D eigenvalue weighted by Gasteiger charge is 2.28. The first kappa shape index (κ1) is 20.9. The van der Waals surface area contributed by atoms with Crippen LogP contribution in [-0.2, 0) is 26.1 Å². The number of rotatable bonds is 8. The Hall–Kier alpha value is -2.78. The summed E-state index contributed by atoms with van der Waals surface area (Å²) in [7, 11) is -2.08. The molecule has 1 aliphatic rings. The van der Waals surface area contributed by atoms with Crippen LogP contribution >= 0.6 is 0 Å². The summed E-state index contributed by atoms with van der Waals surface area (Å²) >= 11 is 0. The van der Waals surface area contributed by atoms with E-state index in [0.29, 0.717) is 5.56 Å². The fourth-order valence-corrected chi connectivity index (χ4v) is 3.88. The molecule has 0 atom stereocenters. The van der Waals surface area contributed by atoms with Gasteiger partial charge < -0.3 is 9.64 Å². The van der Waals surface area contributed by atoms with Crippen LogP contribution in [0.5, 0.6) is 0 Å². The molecule has 7 nitrogen and oxygen atoms in total. The molecule has 0 heterocycles. The van der Waals surface area contributed by atoms with Crippen LogP contribution in [0.1, 0.15) is 28.8 Å². The summed E-state index contributed by atoms with van der Waals surface area (Å²) in [5.41, 5.74) is 0.750. The van der Waals surface area contributed by atoms with E-state index in [2.05, 4.69) is 4.72 Å². The van der Waals surface area contributed by atoms with Gasteiger partial charge in [-0.3, -0.25) is 4.79 Å². The average molecular weight is 420 g/mol. The van der Waals surface area contributed by atoms with E-state index in [0.717, 1.165) is 12.8 Å². The lowest BCUT2D eigenvalue weighted by Gasteiger charge is -2.17. The topological polar surface area (TPSA) is 92.8 Å². The highest BCUT2D eigenvalue weighted by molar-refractivity contribution is 7.89. The molecule has 154 valence electrons. The first-order valence-corrected chi connectivity index (χ1v) is 10.5. The molecule has 0 aromatic heterocycles. The molecule has 0 aliphatic heterocycles. The summed E-state index contributed by atoms with van der Waals surface area (Å²) in [5, 5.41) is 0. The second-order valence-electron chi connectivity index (χ2n) is 6.88. The van der Waals surface area contributed by atoms with Gasteiger partial charge >= 0.3 is 5.97 Å². The lowest BCUT2D eigenvalue weighted by molar-refractivity contribution is -0.133. The predicted octanol–water partition coefficient (Wildman–Crippen LogP) is 2.08.